The van der Waals surface area contributed by atoms with E-state index in [1.165, 1.54) is 0 Å². The van der Waals surface area contributed by atoms with Crippen molar-refractivity contribution in [1.82, 2.24) is 29.9 Å². The van der Waals surface area contributed by atoms with Crippen LogP contribution in [0.2, 0.25) is 0 Å². The lowest BCUT2D eigenvalue weighted by atomic mass is 10.0. The maximum Gasteiger partial charge on any atom is 0.196 e. The molecule has 42 heavy (non-hydrogen) atoms. The predicted octanol–water partition coefficient (Wildman–Crippen LogP) is 6.31. The first-order valence-corrected chi connectivity index (χ1v) is 13.4. The Morgan fingerprint density at radius 2 is 0.690 bits per heavy atom. The third kappa shape index (κ3) is 5.97. The van der Waals surface area contributed by atoms with Crippen LogP contribution in [0.3, 0.4) is 0 Å². The van der Waals surface area contributed by atoms with Crippen molar-refractivity contribution < 1.29 is 9.59 Å². The fraction of sp³-hybridized carbons (Fsp3) is 0.118. The average molecular weight is 553 g/mol. The second kappa shape index (κ2) is 12.3. The molecular formula is C34H28N6O2. The monoisotopic (exact) mass is 552 g/mol. The molecule has 0 unspecified atom stereocenters. The van der Waals surface area contributed by atoms with E-state index in [0.717, 1.165) is 0 Å². The zero-order valence-electron chi connectivity index (χ0n) is 23.7. The summed E-state index contributed by atoms with van der Waals surface area (Å²) < 4.78 is 0. The first-order valence-electron chi connectivity index (χ1n) is 13.4. The van der Waals surface area contributed by atoms with Gasteiger partial charge < -0.3 is 0 Å². The van der Waals surface area contributed by atoms with Crippen LogP contribution in [-0.2, 0) is 0 Å². The zero-order chi connectivity index (χ0) is 29.6. The van der Waals surface area contributed by atoms with E-state index < -0.39 is 0 Å². The number of para-hydroxylation sites is 4. The van der Waals surface area contributed by atoms with Crippen LogP contribution >= 0.6 is 0 Å². The van der Waals surface area contributed by atoms with Crippen molar-refractivity contribution in [3.05, 3.63) is 143 Å². The van der Waals surface area contributed by atoms with E-state index in [-0.39, 0.29) is 11.6 Å². The number of rotatable bonds is 4. The number of aryl methyl sites for hydroxylation is 4. The van der Waals surface area contributed by atoms with Crippen molar-refractivity contribution in [3.63, 3.8) is 0 Å². The van der Waals surface area contributed by atoms with Crippen LogP contribution in [0.5, 0.6) is 0 Å². The van der Waals surface area contributed by atoms with Gasteiger partial charge in [-0.2, -0.15) is 0 Å². The summed E-state index contributed by atoms with van der Waals surface area (Å²) in [7, 11) is 0. The van der Waals surface area contributed by atoms with E-state index in [2.05, 4.69) is 9.97 Å². The molecule has 0 amide bonds. The molecule has 0 aliphatic rings. The molecule has 2 aromatic carbocycles. The second-order valence-electron chi connectivity index (χ2n) is 9.65. The largest absolute Gasteiger partial charge is 0.288 e. The molecule has 0 aliphatic heterocycles. The molecule has 206 valence electrons. The van der Waals surface area contributed by atoms with Gasteiger partial charge in [-0.05, 0) is 76.2 Å². The number of fused-ring (bicyclic) bond motifs is 2. The van der Waals surface area contributed by atoms with Gasteiger partial charge in [0.15, 0.2) is 11.6 Å². The Morgan fingerprint density at radius 3 is 0.952 bits per heavy atom. The molecule has 8 heteroatoms. The number of aromatic nitrogens is 6. The highest BCUT2D eigenvalue weighted by molar-refractivity contribution is 6.11. The zero-order valence-corrected chi connectivity index (χ0v) is 23.7. The SMILES string of the molecule is Cc1nc2ccccc2nc(C)c(C(=O)c2ccncc2)c(C)nc2ccccc2nc(C)c1C(=O)c1ccncc1. The minimum atomic E-state index is -0.222. The van der Waals surface area contributed by atoms with Gasteiger partial charge in [-0.3, -0.25) is 39.5 Å². The quantitative estimate of drug-likeness (QED) is 0.239. The van der Waals surface area contributed by atoms with Crippen molar-refractivity contribution in [1.29, 1.82) is 0 Å². The van der Waals surface area contributed by atoms with Crippen LogP contribution < -0.4 is 0 Å². The number of carbonyl (C=O) groups is 2. The Labute approximate surface area is 243 Å². The molecule has 5 rings (SSSR count). The van der Waals surface area contributed by atoms with Gasteiger partial charge in [0.2, 0.25) is 0 Å². The van der Waals surface area contributed by atoms with Gasteiger partial charge in [-0.1, -0.05) is 24.3 Å². The summed E-state index contributed by atoms with van der Waals surface area (Å²) in [5, 5.41) is 0. The second-order valence-corrected chi connectivity index (χ2v) is 9.65. The van der Waals surface area contributed by atoms with E-state index in [4.69, 9.17) is 19.9 Å². The van der Waals surface area contributed by atoms with Crippen LogP contribution in [0.1, 0.15) is 54.6 Å². The normalized spacial score (nSPS) is 10.6. The van der Waals surface area contributed by atoms with Crippen molar-refractivity contribution in [2.24, 2.45) is 0 Å². The van der Waals surface area contributed by atoms with Crippen molar-refractivity contribution in [2.75, 3.05) is 0 Å². The highest BCUT2D eigenvalue weighted by Gasteiger charge is 2.17. The lowest BCUT2D eigenvalue weighted by molar-refractivity contribution is 0.102. The summed E-state index contributed by atoms with van der Waals surface area (Å²) in [5.74, 6) is -0.445. The fourth-order valence-corrected chi connectivity index (χ4v) is 4.73. The predicted molar refractivity (Wildman–Crippen MR) is 162 cm³/mol. The van der Waals surface area contributed by atoms with Gasteiger partial charge in [-0.25, -0.2) is 0 Å². The number of benzene rings is 2. The molecule has 3 aromatic heterocycles. The maximum absolute atomic E-state index is 13.8. The number of hydrogen-bond acceptors (Lipinski definition) is 8. The minimum Gasteiger partial charge on any atom is -0.288 e. The summed E-state index contributed by atoms with van der Waals surface area (Å²) >= 11 is 0. The molecule has 3 heterocycles. The molecule has 0 radical (unpaired) electrons. The Hall–Kier alpha value is -5.50. The molecule has 0 N–H and O–H groups in total. The van der Waals surface area contributed by atoms with E-state index in [1.807, 2.05) is 48.5 Å². The summed E-state index contributed by atoms with van der Waals surface area (Å²) in [6, 6.07) is 21.4. The maximum atomic E-state index is 13.8. The topological polar surface area (TPSA) is 111 Å². The Bertz CT molecular complexity index is 1730. The molecule has 0 bridgehead atoms. The molecule has 0 fully saturated rings. The molecule has 0 saturated heterocycles. The summed E-state index contributed by atoms with van der Waals surface area (Å²) in [4.78, 5) is 55.2. The van der Waals surface area contributed by atoms with Gasteiger partial charge in [0.1, 0.15) is 0 Å². The molecule has 0 atom stereocenters. The van der Waals surface area contributed by atoms with Gasteiger partial charge in [0.05, 0.1) is 56.0 Å². The number of pyridine rings is 2. The first kappa shape index (κ1) is 28.0. The van der Waals surface area contributed by atoms with Crippen LogP contribution in [0, 0.1) is 27.7 Å². The van der Waals surface area contributed by atoms with E-state index in [1.54, 1.807) is 76.7 Å². The Balaban J connectivity index is 1.96. The van der Waals surface area contributed by atoms with Crippen LogP contribution in [0.25, 0.3) is 22.1 Å². The van der Waals surface area contributed by atoms with E-state index >= 15 is 0 Å². The molecule has 0 spiro atoms. The lowest BCUT2D eigenvalue weighted by Gasteiger charge is -2.07. The fourth-order valence-electron chi connectivity index (χ4n) is 4.73. The Kier molecular flexibility index (Phi) is 8.24. The highest BCUT2D eigenvalue weighted by Crippen LogP contribution is 2.19. The van der Waals surface area contributed by atoms with Crippen LogP contribution in [0.4, 0.5) is 0 Å². The van der Waals surface area contributed by atoms with Gasteiger partial charge in [0, 0.05) is 35.9 Å². The molecule has 0 aliphatic carbocycles. The van der Waals surface area contributed by atoms with Crippen molar-refractivity contribution in [3.8, 4) is 0 Å². The molecule has 8 nitrogen and oxygen atoms in total. The average Bonchev–Trinajstić information content (AvgIpc) is 2.99. The summed E-state index contributed by atoms with van der Waals surface area (Å²) in [6.07, 6.45) is 6.32. The molecule has 0 saturated carbocycles. The number of carbonyl (C=O) groups excluding carboxylic acids is 2. The third-order valence-electron chi connectivity index (χ3n) is 6.70. The number of hydrogen-bond donors (Lipinski definition) is 0. The lowest BCUT2D eigenvalue weighted by Crippen LogP contribution is -2.08. The summed E-state index contributed by atoms with van der Waals surface area (Å²) in [5.41, 5.74) is 5.77. The molecular weight excluding hydrogens is 524 g/mol. The van der Waals surface area contributed by atoms with E-state index in [0.29, 0.717) is 67.1 Å². The number of ketones is 2. The number of nitrogens with zero attached hydrogens (tertiary/aromatic N) is 6. The Morgan fingerprint density at radius 1 is 0.429 bits per heavy atom. The van der Waals surface area contributed by atoms with Gasteiger partial charge in [0.25, 0.3) is 0 Å². The third-order valence-corrected chi connectivity index (χ3v) is 6.70. The van der Waals surface area contributed by atoms with E-state index in [9.17, 15) is 9.59 Å². The van der Waals surface area contributed by atoms with Crippen molar-refractivity contribution in [2.45, 2.75) is 27.7 Å². The smallest absolute Gasteiger partial charge is 0.196 e. The first-order chi connectivity index (χ1) is 20.3. The highest BCUT2D eigenvalue weighted by atomic mass is 16.1. The minimum absolute atomic E-state index is 0.222. The van der Waals surface area contributed by atoms with Crippen LogP contribution in [0.15, 0.2) is 97.6 Å². The van der Waals surface area contributed by atoms with Crippen LogP contribution in [-0.4, -0.2) is 41.5 Å². The standard InChI is InChI=1S/C34H28N6O2/c1-21-31(33(41)25-13-17-35-18-14-25)22(2)38-29-11-7-8-12-30(29)40-24(4)32(34(42)26-15-19-36-20-16-26)23(3)39-28-10-6-5-9-27(28)37-21/h5-20H,1-4H3. The molecule has 5 aromatic rings. The summed E-state index contributed by atoms with van der Waals surface area (Å²) in [6.45, 7) is 7.13. The van der Waals surface area contributed by atoms with Gasteiger partial charge >= 0.3 is 0 Å². The van der Waals surface area contributed by atoms with Crippen molar-refractivity contribution >= 4 is 33.6 Å². The van der Waals surface area contributed by atoms with Gasteiger partial charge in [-0.15, -0.1) is 0 Å².